The van der Waals surface area contributed by atoms with Crippen molar-refractivity contribution in [3.05, 3.63) is 64.7 Å². The van der Waals surface area contributed by atoms with Gasteiger partial charge in [-0.2, -0.15) is 0 Å². The lowest BCUT2D eigenvalue weighted by Gasteiger charge is -2.16. The van der Waals surface area contributed by atoms with Crippen molar-refractivity contribution in [2.75, 3.05) is 12.3 Å². The number of carbonyl (C=O) groups is 1. The molecule has 0 unspecified atom stereocenters. The standard InChI is InChI=1S/C18H17ClN2OS/c1-13-15(19)8-5-9-16(13)20-18-21(10-11-23-18)17(22)12-14-6-3-2-4-7-14/h2-9H,10-12H2,1H3. The van der Waals surface area contributed by atoms with Crippen molar-refractivity contribution in [2.24, 2.45) is 4.99 Å². The van der Waals surface area contributed by atoms with Gasteiger partial charge in [-0.25, -0.2) is 4.99 Å². The van der Waals surface area contributed by atoms with Crippen molar-refractivity contribution in [1.82, 2.24) is 4.90 Å². The van der Waals surface area contributed by atoms with Crippen LogP contribution in [0.3, 0.4) is 0 Å². The monoisotopic (exact) mass is 344 g/mol. The molecule has 1 aliphatic heterocycles. The number of amidine groups is 1. The van der Waals surface area contributed by atoms with E-state index in [2.05, 4.69) is 4.99 Å². The number of halogens is 1. The number of carbonyl (C=O) groups excluding carboxylic acids is 1. The van der Waals surface area contributed by atoms with E-state index in [4.69, 9.17) is 11.6 Å². The van der Waals surface area contributed by atoms with Crippen LogP contribution >= 0.6 is 23.4 Å². The normalized spacial score (nSPS) is 16.1. The molecular formula is C18H17ClN2OS. The average Bonchev–Trinajstić information content (AvgIpc) is 3.01. The summed E-state index contributed by atoms with van der Waals surface area (Å²) in [5.41, 5.74) is 2.77. The summed E-state index contributed by atoms with van der Waals surface area (Å²) in [6.07, 6.45) is 0.398. The van der Waals surface area contributed by atoms with Gasteiger partial charge in [-0.3, -0.25) is 9.69 Å². The lowest BCUT2D eigenvalue weighted by Crippen LogP contribution is -2.32. The third-order valence-corrected chi connectivity index (χ3v) is 5.10. The first-order valence-electron chi connectivity index (χ1n) is 7.46. The molecule has 0 saturated carbocycles. The summed E-state index contributed by atoms with van der Waals surface area (Å²) >= 11 is 7.76. The molecule has 0 N–H and O–H groups in total. The molecule has 1 amide bonds. The van der Waals surface area contributed by atoms with Crippen LogP contribution in [-0.2, 0) is 11.2 Å². The predicted octanol–water partition coefficient (Wildman–Crippen LogP) is 4.45. The number of rotatable bonds is 3. The number of hydrogen-bond donors (Lipinski definition) is 0. The highest BCUT2D eigenvalue weighted by atomic mass is 35.5. The molecule has 0 aromatic heterocycles. The minimum absolute atomic E-state index is 0.0830. The van der Waals surface area contributed by atoms with E-state index in [9.17, 15) is 4.79 Å². The first-order valence-corrected chi connectivity index (χ1v) is 8.82. The molecule has 0 radical (unpaired) electrons. The second kappa shape index (κ2) is 7.20. The van der Waals surface area contributed by atoms with Gasteiger partial charge in [0, 0.05) is 17.3 Å². The van der Waals surface area contributed by atoms with Gasteiger partial charge in [0.25, 0.3) is 0 Å². The molecule has 1 aliphatic rings. The topological polar surface area (TPSA) is 32.7 Å². The van der Waals surface area contributed by atoms with Crippen LogP contribution in [0.2, 0.25) is 5.02 Å². The van der Waals surface area contributed by atoms with Gasteiger partial charge in [-0.15, -0.1) is 0 Å². The Labute approximate surface area is 145 Å². The summed E-state index contributed by atoms with van der Waals surface area (Å²) in [6, 6.07) is 15.4. The van der Waals surface area contributed by atoms with Crippen LogP contribution in [0.25, 0.3) is 0 Å². The Morgan fingerprint density at radius 3 is 2.78 bits per heavy atom. The molecule has 3 nitrogen and oxygen atoms in total. The Morgan fingerprint density at radius 1 is 1.22 bits per heavy atom. The van der Waals surface area contributed by atoms with Crippen LogP contribution in [0.1, 0.15) is 11.1 Å². The summed E-state index contributed by atoms with van der Waals surface area (Å²) in [6.45, 7) is 2.65. The van der Waals surface area contributed by atoms with E-state index in [1.807, 2.05) is 55.5 Å². The van der Waals surface area contributed by atoms with Crippen LogP contribution in [0, 0.1) is 6.92 Å². The first-order chi connectivity index (χ1) is 11.1. The number of nitrogens with zero attached hydrogens (tertiary/aromatic N) is 2. The van der Waals surface area contributed by atoms with Gasteiger partial charge < -0.3 is 0 Å². The third-order valence-electron chi connectivity index (χ3n) is 3.73. The van der Waals surface area contributed by atoms with Crippen LogP contribution in [0.5, 0.6) is 0 Å². The van der Waals surface area contributed by atoms with E-state index in [1.54, 1.807) is 16.7 Å². The summed E-state index contributed by atoms with van der Waals surface area (Å²) in [4.78, 5) is 19.0. The molecule has 1 fully saturated rings. The quantitative estimate of drug-likeness (QED) is 0.823. The zero-order valence-electron chi connectivity index (χ0n) is 12.8. The third kappa shape index (κ3) is 3.77. The van der Waals surface area contributed by atoms with Gasteiger partial charge in [0.05, 0.1) is 12.1 Å². The van der Waals surface area contributed by atoms with E-state index < -0.39 is 0 Å². The molecular weight excluding hydrogens is 328 g/mol. The van der Waals surface area contributed by atoms with Crippen LogP contribution in [0.15, 0.2) is 53.5 Å². The number of hydrogen-bond acceptors (Lipinski definition) is 3. The zero-order chi connectivity index (χ0) is 16.2. The fourth-order valence-electron chi connectivity index (χ4n) is 2.41. The maximum Gasteiger partial charge on any atom is 0.232 e. The van der Waals surface area contributed by atoms with Crippen LogP contribution in [-0.4, -0.2) is 28.3 Å². The van der Waals surface area contributed by atoms with E-state index in [0.29, 0.717) is 18.0 Å². The molecule has 118 valence electrons. The largest absolute Gasteiger partial charge is 0.290 e. The molecule has 2 aromatic rings. The Bertz CT molecular complexity index is 746. The molecule has 0 aliphatic carbocycles. The van der Waals surface area contributed by atoms with Gasteiger partial charge in [0.15, 0.2) is 5.17 Å². The summed E-state index contributed by atoms with van der Waals surface area (Å²) in [5.74, 6) is 0.957. The highest BCUT2D eigenvalue weighted by molar-refractivity contribution is 8.14. The Hall–Kier alpha value is -1.78. The van der Waals surface area contributed by atoms with E-state index >= 15 is 0 Å². The Kier molecular flexibility index (Phi) is 5.03. The maximum atomic E-state index is 12.6. The van der Waals surface area contributed by atoms with Gasteiger partial charge in [-0.1, -0.05) is 59.8 Å². The number of benzene rings is 2. The van der Waals surface area contributed by atoms with E-state index in [-0.39, 0.29) is 5.91 Å². The summed E-state index contributed by atoms with van der Waals surface area (Å²) < 4.78 is 0. The van der Waals surface area contributed by atoms with E-state index in [1.165, 1.54) is 0 Å². The second-order valence-electron chi connectivity index (χ2n) is 5.33. The Balaban J connectivity index is 1.81. The molecule has 23 heavy (non-hydrogen) atoms. The molecule has 1 saturated heterocycles. The van der Waals surface area contributed by atoms with Crippen molar-refractivity contribution < 1.29 is 4.79 Å². The molecule has 1 heterocycles. The molecule has 2 aromatic carbocycles. The lowest BCUT2D eigenvalue weighted by atomic mass is 10.1. The van der Waals surface area contributed by atoms with Gasteiger partial charge in [0.1, 0.15) is 0 Å². The minimum atomic E-state index is 0.0830. The molecule has 0 bridgehead atoms. The van der Waals surface area contributed by atoms with Crippen LogP contribution < -0.4 is 0 Å². The van der Waals surface area contributed by atoms with E-state index in [0.717, 1.165) is 27.7 Å². The van der Waals surface area contributed by atoms with Crippen molar-refractivity contribution >= 4 is 40.1 Å². The fourth-order valence-corrected chi connectivity index (χ4v) is 3.55. The molecule has 3 rings (SSSR count). The molecule has 5 heteroatoms. The smallest absolute Gasteiger partial charge is 0.232 e. The van der Waals surface area contributed by atoms with Crippen LogP contribution in [0.4, 0.5) is 5.69 Å². The van der Waals surface area contributed by atoms with Gasteiger partial charge in [-0.05, 0) is 30.2 Å². The molecule has 0 spiro atoms. The number of amides is 1. The highest BCUT2D eigenvalue weighted by Gasteiger charge is 2.25. The first kappa shape index (κ1) is 16.1. The highest BCUT2D eigenvalue weighted by Crippen LogP contribution is 2.29. The SMILES string of the molecule is Cc1c(Cl)cccc1N=C1SCCN1C(=O)Cc1ccccc1. The van der Waals surface area contributed by atoms with Crippen molar-refractivity contribution in [3.63, 3.8) is 0 Å². The summed E-state index contributed by atoms with van der Waals surface area (Å²) in [5, 5.41) is 1.45. The van der Waals surface area contributed by atoms with Crippen molar-refractivity contribution in [1.29, 1.82) is 0 Å². The van der Waals surface area contributed by atoms with Gasteiger partial charge >= 0.3 is 0 Å². The van der Waals surface area contributed by atoms with Crippen molar-refractivity contribution in [3.8, 4) is 0 Å². The fraction of sp³-hybridized carbons (Fsp3) is 0.222. The zero-order valence-corrected chi connectivity index (χ0v) is 14.4. The predicted molar refractivity (Wildman–Crippen MR) is 97.6 cm³/mol. The summed E-state index contributed by atoms with van der Waals surface area (Å²) in [7, 11) is 0. The maximum absolute atomic E-state index is 12.6. The minimum Gasteiger partial charge on any atom is -0.290 e. The Morgan fingerprint density at radius 2 is 2.00 bits per heavy atom. The lowest BCUT2D eigenvalue weighted by molar-refractivity contribution is -0.126. The van der Waals surface area contributed by atoms with Crippen molar-refractivity contribution in [2.45, 2.75) is 13.3 Å². The number of aliphatic imine (C=N–C) groups is 1. The average molecular weight is 345 g/mol. The van der Waals surface area contributed by atoms with Gasteiger partial charge in [0.2, 0.25) is 5.91 Å². The number of thioether (sulfide) groups is 1. The molecule has 0 atom stereocenters. The second-order valence-corrected chi connectivity index (χ2v) is 6.80.